The number of para-hydroxylation sites is 3. The van der Waals surface area contributed by atoms with Gasteiger partial charge < -0.3 is 10.1 Å². The summed E-state index contributed by atoms with van der Waals surface area (Å²) >= 11 is 3.76. The lowest BCUT2D eigenvalue weighted by Crippen LogP contribution is -2.14. The van der Waals surface area contributed by atoms with Crippen molar-refractivity contribution in [2.45, 2.75) is 11.3 Å². The first-order valence-electron chi connectivity index (χ1n) is 9.27. The number of hydrogen-bond acceptors (Lipinski definition) is 9. The number of benzene rings is 2. The summed E-state index contributed by atoms with van der Waals surface area (Å²) in [6.45, 7) is 2.40. The third kappa shape index (κ3) is 5.37. The summed E-state index contributed by atoms with van der Waals surface area (Å²) in [6, 6.07) is 14.8. The average molecular weight is 472 g/mol. The summed E-state index contributed by atoms with van der Waals surface area (Å²) in [5, 5.41) is 14.3. The zero-order valence-electron chi connectivity index (χ0n) is 16.3. The zero-order valence-corrected chi connectivity index (χ0v) is 18.8. The number of carbonyl (C=O) groups excluding carboxylic acids is 2. The van der Waals surface area contributed by atoms with E-state index in [9.17, 15) is 9.59 Å². The van der Waals surface area contributed by atoms with E-state index in [4.69, 9.17) is 4.74 Å². The molecule has 4 rings (SSSR count). The van der Waals surface area contributed by atoms with Gasteiger partial charge in [-0.05, 0) is 31.2 Å². The number of anilines is 2. The van der Waals surface area contributed by atoms with E-state index in [1.807, 2.05) is 43.3 Å². The Morgan fingerprint density at radius 2 is 1.84 bits per heavy atom. The summed E-state index contributed by atoms with van der Waals surface area (Å²) in [7, 11) is 0. The summed E-state index contributed by atoms with van der Waals surface area (Å²) in [6.07, 6.45) is 0. The molecule has 0 bridgehead atoms. The molecule has 0 aliphatic carbocycles. The first-order chi connectivity index (χ1) is 15.1. The number of fused-ring (bicyclic) bond motifs is 1. The van der Waals surface area contributed by atoms with Gasteiger partial charge >= 0.3 is 0 Å². The predicted molar refractivity (Wildman–Crippen MR) is 124 cm³/mol. The third-order valence-corrected chi connectivity index (χ3v) is 6.91. The van der Waals surface area contributed by atoms with Crippen LogP contribution < -0.4 is 15.4 Å². The number of nitrogens with zero attached hydrogens (tertiary/aromatic N) is 3. The molecule has 0 saturated heterocycles. The van der Waals surface area contributed by atoms with Gasteiger partial charge in [-0.25, -0.2) is 4.98 Å². The Kier molecular flexibility index (Phi) is 6.75. The minimum atomic E-state index is -0.334. The average Bonchev–Trinajstić information content (AvgIpc) is 3.40. The second-order valence-electron chi connectivity index (χ2n) is 6.08. The van der Waals surface area contributed by atoms with Gasteiger partial charge in [-0.2, -0.15) is 0 Å². The van der Waals surface area contributed by atoms with Gasteiger partial charge in [-0.1, -0.05) is 47.4 Å². The van der Waals surface area contributed by atoms with E-state index in [0.717, 1.165) is 10.2 Å². The van der Waals surface area contributed by atoms with Crippen molar-refractivity contribution in [1.82, 2.24) is 15.2 Å². The van der Waals surface area contributed by atoms with Crippen LogP contribution in [0.2, 0.25) is 0 Å². The van der Waals surface area contributed by atoms with Crippen molar-refractivity contribution in [1.29, 1.82) is 0 Å². The number of amides is 2. The van der Waals surface area contributed by atoms with Crippen molar-refractivity contribution in [3.8, 4) is 5.75 Å². The van der Waals surface area contributed by atoms with E-state index < -0.39 is 0 Å². The van der Waals surface area contributed by atoms with Crippen LogP contribution in [0.4, 0.5) is 10.8 Å². The number of thioether (sulfide) groups is 1. The SMILES string of the molecule is CCOc1ccccc1NC(=O)CSc1nnc(NC(=O)c2nc3ccccc3s2)s1. The molecule has 158 valence electrons. The molecule has 2 heterocycles. The minimum Gasteiger partial charge on any atom is -0.492 e. The highest BCUT2D eigenvalue weighted by molar-refractivity contribution is 8.01. The first kappa shape index (κ1) is 21.2. The van der Waals surface area contributed by atoms with E-state index in [1.165, 1.54) is 34.4 Å². The molecule has 2 aromatic carbocycles. The van der Waals surface area contributed by atoms with E-state index in [-0.39, 0.29) is 17.6 Å². The highest BCUT2D eigenvalue weighted by Crippen LogP contribution is 2.28. The molecule has 31 heavy (non-hydrogen) atoms. The maximum atomic E-state index is 12.4. The molecule has 0 radical (unpaired) electrons. The fourth-order valence-electron chi connectivity index (χ4n) is 2.60. The Balaban J connectivity index is 1.32. The molecule has 2 amide bonds. The molecule has 0 aliphatic rings. The lowest BCUT2D eigenvalue weighted by molar-refractivity contribution is -0.113. The van der Waals surface area contributed by atoms with Crippen LogP contribution in [0.5, 0.6) is 5.75 Å². The smallest absolute Gasteiger partial charge is 0.286 e. The summed E-state index contributed by atoms with van der Waals surface area (Å²) in [5.41, 5.74) is 1.40. The molecule has 11 heteroatoms. The minimum absolute atomic E-state index is 0.154. The normalized spacial score (nSPS) is 10.7. The molecule has 8 nitrogen and oxygen atoms in total. The quantitative estimate of drug-likeness (QED) is 0.287. The fourth-order valence-corrected chi connectivity index (χ4v) is 5.01. The molecule has 0 fully saturated rings. The Morgan fingerprint density at radius 3 is 2.68 bits per heavy atom. The van der Waals surface area contributed by atoms with Crippen LogP contribution in [-0.4, -0.2) is 39.4 Å². The van der Waals surface area contributed by atoms with Gasteiger partial charge in [0.1, 0.15) is 5.75 Å². The van der Waals surface area contributed by atoms with Crippen molar-refractivity contribution < 1.29 is 14.3 Å². The van der Waals surface area contributed by atoms with Gasteiger partial charge in [0, 0.05) is 0 Å². The van der Waals surface area contributed by atoms with Crippen molar-refractivity contribution in [2.24, 2.45) is 0 Å². The van der Waals surface area contributed by atoms with E-state index >= 15 is 0 Å². The van der Waals surface area contributed by atoms with Crippen LogP contribution in [0.3, 0.4) is 0 Å². The van der Waals surface area contributed by atoms with Crippen LogP contribution in [-0.2, 0) is 4.79 Å². The number of thiazole rings is 1. The number of ether oxygens (including phenoxy) is 1. The number of nitrogens with one attached hydrogen (secondary N) is 2. The topological polar surface area (TPSA) is 106 Å². The van der Waals surface area contributed by atoms with Crippen molar-refractivity contribution in [3.63, 3.8) is 0 Å². The molecule has 0 atom stereocenters. The van der Waals surface area contributed by atoms with Gasteiger partial charge in [-0.3, -0.25) is 14.9 Å². The predicted octanol–water partition coefficient (Wildman–Crippen LogP) is 4.53. The zero-order chi connectivity index (χ0) is 21.6. The standard InChI is InChI=1S/C20H17N5O3S3/c1-2-28-14-9-5-3-7-12(14)21-16(26)11-29-20-25-24-19(31-20)23-17(27)18-22-13-8-4-6-10-15(13)30-18/h3-10H,2,11H2,1H3,(H,21,26)(H,23,24,27). The molecule has 0 spiro atoms. The maximum Gasteiger partial charge on any atom is 0.286 e. The number of hydrogen-bond donors (Lipinski definition) is 2. The number of rotatable bonds is 8. The van der Waals surface area contributed by atoms with Crippen LogP contribution in [0, 0.1) is 0 Å². The second kappa shape index (κ2) is 9.86. The monoisotopic (exact) mass is 471 g/mol. The van der Waals surface area contributed by atoms with Gasteiger partial charge in [0.25, 0.3) is 5.91 Å². The van der Waals surface area contributed by atoms with Crippen molar-refractivity contribution in [2.75, 3.05) is 23.0 Å². The van der Waals surface area contributed by atoms with Gasteiger partial charge in [-0.15, -0.1) is 21.5 Å². The Bertz CT molecular complexity index is 1190. The Labute approximate surface area is 190 Å². The lowest BCUT2D eigenvalue weighted by atomic mass is 10.3. The number of carbonyl (C=O) groups is 2. The lowest BCUT2D eigenvalue weighted by Gasteiger charge is -2.10. The largest absolute Gasteiger partial charge is 0.492 e. The molecular formula is C20H17N5O3S3. The van der Waals surface area contributed by atoms with Crippen LogP contribution in [0.25, 0.3) is 10.2 Å². The molecule has 0 unspecified atom stereocenters. The molecule has 0 aliphatic heterocycles. The third-order valence-electron chi connectivity index (χ3n) is 3.90. The van der Waals surface area contributed by atoms with E-state index in [2.05, 4.69) is 25.8 Å². The summed E-state index contributed by atoms with van der Waals surface area (Å²) in [4.78, 5) is 29.1. The van der Waals surface area contributed by atoms with E-state index in [0.29, 0.717) is 32.5 Å². The van der Waals surface area contributed by atoms with Crippen LogP contribution >= 0.6 is 34.4 Å². The Hall–Kier alpha value is -3.02. The van der Waals surface area contributed by atoms with Gasteiger partial charge in [0.15, 0.2) is 9.35 Å². The highest BCUT2D eigenvalue weighted by atomic mass is 32.2. The maximum absolute atomic E-state index is 12.4. The summed E-state index contributed by atoms with van der Waals surface area (Å²) in [5.74, 6) is 0.256. The van der Waals surface area contributed by atoms with Crippen molar-refractivity contribution >= 4 is 67.3 Å². The summed E-state index contributed by atoms with van der Waals surface area (Å²) < 4.78 is 7.03. The number of aromatic nitrogens is 3. The van der Waals surface area contributed by atoms with Gasteiger partial charge in [0.05, 0.1) is 28.3 Å². The van der Waals surface area contributed by atoms with Crippen molar-refractivity contribution in [3.05, 3.63) is 53.5 Å². The molecule has 2 aromatic heterocycles. The van der Waals surface area contributed by atoms with Crippen LogP contribution in [0.15, 0.2) is 52.9 Å². The second-order valence-corrected chi connectivity index (χ2v) is 9.31. The molecule has 0 saturated carbocycles. The Morgan fingerprint density at radius 1 is 1.03 bits per heavy atom. The molecular weight excluding hydrogens is 454 g/mol. The van der Waals surface area contributed by atoms with Crippen LogP contribution in [0.1, 0.15) is 16.7 Å². The van der Waals surface area contributed by atoms with Gasteiger partial charge in [0.2, 0.25) is 11.0 Å². The first-order valence-corrected chi connectivity index (χ1v) is 11.9. The highest BCUT2D eigenvalue weighted by Gasteiger charge is 2.16. The molecule has 4 aromatic rings. The molecule has 2 N–H and O–H groups in total. The van der Waals surface area contributed by atoms with E-state index in [1.54, 1.807) is 12.1 Å². The fraction of sp³-hybridized carbons (Fsp3) is 0.150.